The van der Waals surface area contributed by atoms with E-state index in [9.17, 15) is 0 Å². The van der Waals surface area contributed by atoms with Gasteiger partial charge in [0.05, 0.1) is 7.05 Å². The molecule has 0 amide bonds. The molecule has 0 saturated carbocycles. The lowest BCUT2D eigenvalue weighted by Crippen LogP contribution is -2.39. The standard InChI is InChI=1S/C10H14N5/c1-7-5-11-6-12-9(7)10-13-8(2)14(3)15(10)4/h5-6H,1-4H3/q+1. The van der Waals surface area contributed by atoms with Crippen molar-refractivity contribution in [1.29, 1.82) is 0 Å². The largest absolute Gasteiger partial charge is 0.369 e. The predicted octanol–water partition coefficient (Wildman–Crippen LogP) is 0.318. The van der Waals surface area contributed by atoms with Crippen molar-refractivity contribution >= 4 is 0 Å². The minimum absolute atomic E-state index is 0.870. The van der Waals surface area contributed by atoms with Crippen molar-refractivity contribution in [2.24, 2.45) is 14.1 Å². The summed E-state index contributed by atoms with van der Waals surface area (Å²) in [6.45, 7) is 3.96. The molecule has 0 aliphatic carbocycles. The van der Waals surface area contributed by atoms with E-state index < -0.39 is 0 Å². The summed E-state index contributed by atoms with van der Waals surface area (Å²) in [7, 11) is 3.94. The van der Waals surface area contributed by atoms with E-state index in [1.165, 1.54) is 0 Å². The van der Waals surface area contributed by atoms with Crippen LogP contribution in [0.15, 0.2) is 12.5 Å². The Balaban J connectivity index is 2.65. The molecule has 0 aliphatic rings. The highest BCUT2D eigenvalue weighted by Gasteiger charge is 2.22. The summed E-state index contributed by atoms with van der Waals surface area (Å²) in [5.41, 5.74) is 1.92. The van der Waals surface area contributed by atoms with Crippen molar-refractivity contribution in [3.8, 4) is 11.5 Å². The van der Waals surface area contributed by atoms with Gasteiger partial charge < -0.3 is 0 Å². The van der Waals surface area contributed by atoms with Crippen molar-refractivity contribution in [2.75, 3.05) is 0 Å². The van der Waals surface area contributed by atoms with E-state index in [1.54, 1.807) is 12.5 Å². The summed E-state index contributed by atoms with van der Waals surface area (Å²) in [4.78, 5) is 12.7. The van der Waals surface area contributed by atoms with E-state index in [-0.39, 0.29) is 0 Å². The van der Waals surface area contributed by atoms with Crippen LogP contribution in [0.1, 0.15) is 11.4 Å². The topological polar surface area (TPSA) is 47.5 Å². The summed E-state index contributed by atoms with van der Waals surface area (Å²) in [5, 5.41) is 0. The minimum atomic E-state index is 0.870. The zero-order valence-corrected chi connectivity index (χ0v) is 9.39. The van der Waals surface area contributed by atoms with Gasteiger partial charge in [-0.2, -0.15) is 9.36 Å². The lowest BCUT2D eigenvalue weighted by atomic mass is 10.2. The van der Waals surface area contributed by atoms with Gasteiger partial charge in [-0.15, -0.1) is 0 Å². The fourth-order valence-corrected chi connectivity index (χ4v) is 1.50. The highest BCUT2D eigenvalue weighted by molar-refractivity contribution is 5.49. The third-order valence-corrected chi connectivity index (χ3v) is 2.60. The van der Waals surface area contributed by atoms with Crippen LogP contribution in [-0.4, -0.2) is 19.6 Å². The van der Waals surface area contributed by atoms with Crippen LogP contribution in [-0.2, 0) is 14.1 Å². The van der Waals surface area contributed by atoms with Crippen molar-refractivity contribution < 1.29 is 4.68 Å². The smallest absolute Gasteiger partial charge is 0.244 e. The molecule has 2 rings (SSSR count). The van der Waals surface area contributed by atoms with Gasteiger partial charge in [-0.1, -0.05) is 0 Å². The number of nitrogens with zero attached hydrogens (tertiary/aromatic N) is 5. The molecule has 2 heterocycles. The van der Waals surface area contributed by atoms with Crippen LogP contribution in [0.2, 0.25) is 0 Å². The van der Waals surface area contributed by atoms with Crippen molar-refractivity contribution in [1.82, 2.24) is 19.6 Å². The molecule has 0 atom stereocenters. The Hall–Kier alpha value is -1.78. The molecule has 0 radical (unpaired) electrons. The second-order valence-corrected chi connectivity index (χ2v) is 3.58. The van der Waals surface area contributed by atoms with E-state index in [1.807, 2.05) is 37.3 Å². The fourth-order valence-electron chi connectivity index (χ4n) is 1.50. The molecule has 0 fully saturated rings. The van der Waals surface area contributed by atoms with Crippen molar-refractivity contribution in [3.63, 3.8) is 0 Å². The Morgan fingerprint density at radius 2 is 2.07 bits per heavy atom. The van der Waals surface area contributed by atoms with E-state index in [4.69, 9.17) is 0 Å². The number of aryl methyl sites for hydroxylation is 2. The molecule has 0 unspecified atom stereocenters. The molecule has 15 heavy (non-hydrogen) atoms. The van der Waals surface area contributed by atoms with E-state index in [2.05, 4.69) is 15.0 Å². The van der Waals surface area contributed by atoms with E-state index in [0.29, 0.717) is 0 Å². The summed E-state index contributed by atoms with van der Waals surface area (Å²) in [6.07, 6.45) is 3.35. The Morgan fingerprint density at radius 3 is 2.60 bits per heavy atom. The number of hydrogen-bond donors (Lipinski definition) is 0. The first-order valence-corrected chi connectivity index (χ1v) is 4.78. The molecule has 0 spiro atoms. The van der Waals surface area contributed by atoms with E-state index >= 15 is 0 Å². The average Bonchev–Trinajstić information content (AvgIpc) is 2.47. The highest BCUT2D eigenvalue weighted by atomic mass is 15.4. The third-order valence-electron chi connectivity index (χ3n) is 2.60. The zero-order chi connectivity index (χ0) is 11.0. The van der Waals surface area contributed by atoms with Gasteiger partial charge in [0.2, 0.25) is 0 Å². The van der Waals surface area contributed by atoms with Gasteiger partial charge in [-0.05, 0) is 11.9 Å². The van der Waals surface area contributed by atoms with Crippen LogP contribution in [0.25, 0.3) is 11.5 Å². The van der Waals surface area contributed by atoms with Gasteiger partial charge in [0.25, 0.3) is 5.82 Å². The zero-order valence-electron chi connectivity index (χ0n) is 9.39. The maximum Gasteiger partial charge on any atom is 0.369 e. The first-order valence-electron chi connectivity index (χ1n) is 4.78. The van der Waals surface area contributed by atoms with Crippen molar-refractivity contribution in [2.45, 2.75) is 13.8 Å². The Morgan fingerprint density at radius 1 is 1.33 bits per heavy atom. The van der Waals surface area contributed by atoms with E-state index in [0.717, 1.165) is 22.9 Å². The van der Waals surface area contributed by atoms with Crippen LogP contribution in [0, 0.1) is 13.8 Å². The number of hydrogen-bond acceptors (Lipinski definition) is 3. The lowest BCUT2D eigenvalue weighted by Gasteiger charge is -1.97. The molecule has 5 heteroatoms. The van der Waals surface area contributed by atoms with Gasteiger partial charge >= 0.3 is 5.82 Å². The quantitative estimate of drug-likeness (QED) is 0.628. The second kappa shape index (κ2) is 3.42. The molecule has 0 N–H and O–H groups in total. The molecule has 0 aromatic carbocycles. The maximum absolute atomic E-state index is 4.48. The van der Waals surface area contributed by atoms with Gasteiger partial charge in [0, 0.05) is 18.7 Å². The van der Waals surface area contributed by atoms with Gasteiger partial charge in [-0.3, -0.25) is 0 Å². The summed E-state index contributed by atoms with van der Waals surface area (Å²) < 4.78 is 3.96. The molecule has 2 aromatic heterocycles. The van der Waals surface area contributed by atoms with Crippen LogP contribution in [0.4, 0.5) is 0 Å². The van der Waals surface area contributed by atoms with Gasteiger partial charge in [-0.25, -0.2) is 9.97 Å². The normalized spacial score (nSPS) is 10.7. The highest BCUT2D eigenvalue weighted by Crippen LogP contribution is 2.13. The SMILES string of the molecule is Cc1cncnc1-c1nc(C)n(C)[n+]1C. The fraction of sp³-hybridized carbons (Fsp3) is 0.400. The molecule has 5 nitrogen and oxygen atoms in total. The predicted molar refractivity (Wildman–Crippen MR) is 54.9 cm³/mol. The van der Waals surface area contributed by atoms with Gasteiger partial charge in [0.1, 0.15) is 13.4 Å². The summed E-state index contributed by atoms with van der Waals surface area (Å²) >= 11 is 0. The third kappa shape index (κ3) is 1.49. The molecule has 2 aromatic rings. The number of rotatable bonds is 1. The second-order valence-electron chi connectivity index (χ2n) is 3.58. The van der Waals surface area contributed by atoms with Crippen LogP contribution >= 0.6 is 0 Å². The Bertz CT molecular complexity index is 501. The first kappa shape index (κ1) is 9.76. The van der Waals surface area contributed by atoms with Crippen LogP contribution in [0.5, 0.6) is 0 Å². The van der Waals surface area contributed by atoms with Crippen molar-refractivity contribution in [3.05, 3.63) is 23.9 Å². The Kier molecular flexibility index (Phi) is 2.22. The summed E-state index contributed by atoms with van der Waals surface area (Å²) in [6, 6.07) is 0. The molecule has 0 aliphatic heterocycles. The monoisotopic (exact) mass is 204 g/mol. The first-order chi connectivity index (χ1) is 7.11. The molecular weight excluding hydrogens is 190 g/mol. The maximum atomic E-state index is 4.48. The molecule has 78 valence electrons. The molecule has 0 bridgehead atoms. The number of aromatic nitrogens is 5. The Labute approximate surface area is 88.4 Å². The minimum Gasteiger partial charge on any atom is -0.244 e. The average molecular weight is 204 g/mol. The molecule has 0 saturated heterocycles. The lowest BCUT2D eigenvalue weighted by molar-refractivity contribution is -0.742. The molecular formula is C10H14N5+. The van der Waals surface area contributed by atoms with Gasteiger partial charge in [0.15, 0.2) is 5.69 Å². The summed E-state index contributed by atoms with van der Waals surface area (Å²) in [5.74, 6) is 1.83. The van der Waals surface area contributed by atoms with Crippen LogP contribution in [0.3, 0.4) is 0 Å². The van der Waals surface area contributed by atoms with Crippen LogP contribution < -0.4 is 4.68 Å².